The van der Waals surface area contributed by atoms with Crippen molar-refractivity contribution >= 4 is 33.3 Å². The number of hydrogen-bond acceptors (Lipinski definition) is 3. The zero-order chi connectivity index (χ0) is 12.1. The summed E-state index contributed by atoms with van der Waals surface area (Å²) in [7, 11) is 0. The molecule has 2 rings (SSSR count). The van der Waals surface area contributed by atoms with Crippen LogP contribution in [0.5, 0.6) is 0 Å². The molecule has 0 bridgehead atoms. The largest absolute Gasteiger partial charge is 0.472 e. The summed E-state index contributed by atoms with van der Waals surface area (Å²) in [5, 5.41) is 7.52. The van der Waals surface area contributed by atoms with Crippen molar-refractivity contribution in [1.82, 2.24) is 10.6 Å². The van der Waals surface area contributed by atoms with Crippen LogP contribution in [-0.2, 0) is 13.1 Å². The van der Waals surface area contributed by atoms with Gasteiger partial charge in [0, 0.05) is 18.7 Å². The Morgan fingerprint density at radius 3 is 2.71 bits per heavy atom. The van der Waals surface area contributed by atoms with E-state index in [2.05, 4.69) is 26.6 Å². The molecule has 0 aliphatic heterocycles. The first-order valence-electron chi connectivity index (χ1n) is 5.00. The van der Waals surface area contributed by atoms with E-state index < -0.39 is 0 Å². The fraction of sp³-hybridized carbons (Fsp3) is 0.182. The standard InChI is InChI=1S/C11H11BrN2O2S/c12-10-3-9(7-17-10)5-14-11(15)13-4-8-1-2-16-6-8/h1-3,6-7H,4-5H2,(H2,13,14,15). The van der Waals surface area contributed by atoms with Crippen molar-refractivity contribution in [3.05, 3.63) is 45.0 Å². The van der Waals surface area contributed by atoms with Gasteiger partial charge in [0.05, 0.1) is 16.3 Å². The van der Waals surface area contributed by atoms with Gasteiger partial charge in [-0.25, -0.2) is 4.79 Å². The summed E-state index contributed by atoms with van der Waals surface area (Å²) in [5.74, 6) is 0. The van der Waals surface area contributed by atoms with Gasteiger partial charge in [-0.15, -0.1) is 11.3 Å². The lowest BCUT2D eigenvalue weighted by molar-refractivity contribution is 0.240. The maximum absolute atomic E-state index is 11.5. The van der Waals surface area contributed by atoms with Crippen LogP contribution in [0.15, 0.2) is 38.2 Å². The SMILES string of the molecule is O=C(NCc1ccoc1)NCc1csc(Br)c1. The minimum Gasteiger partial charge on any atom is -0.472 e. The van der Waals surface area contributed by atoms with Gasteiger partial charge in [0.25, 0.3) is 0 Å². The number of furan rings is 1. The first-order chi connectivity index (χ1) is 8.24. The molecule has 0 aliphatic carbocycles. The predicted molar refractivity (Wildman–Crippen MR) is 69.8 cm³/mol. The molecule has 0 saturated heterocycles. The van der Waals surface area contributed by atoms with Gasteiger partial charge in [-0.3, -0.25) is 0 Å². The van der Waals surface area contributed by atoms with Crippen LogP contribution < -0.4 is 10.6 Å². The maximum atomic E-state index is 11.5. The molecule has 4 nitrogen and oxygen atoms in total. The lowest BCUT2D eigenvalue weighted by atomic mass is 10.3. The number of halogens is 1. The van der Waals surface area contributed by atoms with Gasteiger partial charge in [0.1, 0.15) is 0 Å². The van der Waals surface area contributed by atoms with E-state index in [0.29, 0.717) is 13.1 Å². The molecule has 0 saturated carbocycles. The fourth-order valence-electron chi connectivity index (χ4n) is 1.26. The summed E-state index contributed by atoms with van der Waals surface area (Å²) in [5.41, 5.74) is 2.03. The number of amides is 2. The minimum absolute atomic E-state index is 0.187. The number of rotatable bonds is 4. The average Bonchev–Trinajstić information content (AvgIpc) is 2.95. The highest BCUT2D eigenvalue weighted by atomic mass is 79.9. The number of carbonyl (C=O) groups is 1. The minimum atomic E-state index is -0.187. The van der Waals surface area contributed by atoms with E-state index in [4.69, 9.17) is 4.42 Å². The Hall–Kier alpha value is -1.27. The van der Waals surface area contributed by atoms with Crippen LogP contribution in [0.25, 0.3) is 0 Å². The molecule has 2 amide bonds. The summed E-state index contributed by atoms with van der Waals surface area (Å²) >= 11 is 4.98. The third kappa shape index (κ3) is 3.90. The van der Waals surface area contributed by atoms with Crippen molar-refractivity contribution in [3.63, 3.8) is 0 Å². The van der Waals surface area contributed by atoms with Crippen LogP contribution >= 0.6 is 27.3 Å². The average molecular weight is 315 g/mol. The number of urea groups is 1. The molecular formula is C11H11BrN2O2S. The first-order valence-corrected chi connectivity index (χ1v) is 6.67. The smallest absolute Gasteiger partial charge is 0.315 e. The van der Waals surface area contributed by atoms with E-state index >= 15 is 0 Å². The molecule has 0 aromatic carbocycles. The van der Waals surface area contributed by atoms with Crippen molar-refractivity contribution in [2.75, 3.05) is 0 Å². The highest BCUT2D eigenvalue weighted by Gasteiger charge is 2.02. The lowest BCUT2D eigenvalue weighted by Crippen LogP contribution is -2.34. The number of thiophene rings is 1. The monoisotopic (exact) mass is 314 g/mol. The van der Waals surface area contributed by atoms with E-state index in [1.54, 1.807) is 23.9 Å². The maximum Gasteiger partial charge on any atom is 0.315 e. The van der Waals surface area contributed by atoms with Gasteiger partial charge in [-0.1, -0.05) is 0 Å². The first kappa shape index (κ1) is 12.2. The Kier molecular flexibility index (Phi) is 4.22. The lowest BCUT2D eigenvalue weighted by Gasteiger charge is -2.05. The summed E-state index contributed by atoms with van der Waals surface area (Å²) in [6.45, 7) is 0.995. The molecule has 0 radical (unpaired) electrons. The molecule has 2 heterocycles. The zero-order valence-corrected chi connectivity index (χ0v) is 11.3. The second-order valence-corrected chi connectivity index (χ2v) is 5.72. The Morgan fingerprint density at radius 2 is 2.12 bits per heavy atom. The van der Waals surface area contributed by atoms with Crippen molar-refractivity contribution < 1.29 is 9.21 Å². The molecule has 2 aromatic heterocycles. The molecule has 0 atom stereocenters. The van der Waals surface area contributed by atoms with Crippen LogP contribution in [0.2, 0.25) is 0 Å². The molecule has 6 heteroatoms. The topological polar surface area (TPSA) is 54.3 Å². The highest BCUT2D eigenvalue weighted by molar-refractivity contribution is 9.11. The Bertz CT molecular complexity index is 481. The molecule has 2 N–H and O–H groups in total. The van der Waals surface area contributed by atoms with E-state index in [-0.39, 0.29) is 6.03 Å². The van der Waals surface area contributed by atoms with Crippen LogP contribution in [0.3, 0.4) is 0 Å². The summed E-state index contributed by atoms with van der Waals surface area (Å²) < 4.78 is 5.97. The fourth-order valence-corrected chi connectivity index (χ4v) is 2.47. The molecular weight excluding hydrogens is 304 g/mol. The zero-order valence-electron chi connectivity index (χ0n) is 8.90. The predicted octanol–water partition coefficient (Wildman–Crippen LogP) is 3.10. The van der Waals surface area contributed by atoms with Crippen molar-refractivity contribution in [1.29, 1.82) is 0 Å². The molecule has 0 fully saturated rings. The van der Waals surface area contributed by atoms with E-state index in [1.807, 2.05) is 17.5 Å². The van der Waals surface area contributed by atoms with Crippen molar-refractivity contribution in [2.45, 2.75) is 13.1 Å². The Labute approximate surface area is 111 Å². The number of nitrogens with one attached hydrogen (secondary N) is 2. The van der Waals surface area contributed by atoms with Crippen LogP contribution in [0.4, 0.5) is 4.79 Å². The molecule has 17 heavy (non-hydrogen) atoms. The van der Waals surface area contributed by atoms with Gasteiger partial charge in [-0.2, -0.15) is 0 Å². The van der Waals surface area contributed by atoms with Crippen LogP contribution in [-0.4, -0.2) is 6.03 Å². The van der Waals surface area contributed by atoms with Crippen LogP contribution in [0, 0.1) is 0 Å². The molecule has 0 spiro atoms. The summed E-state index contributed by atoms with van der Waals surface area (Å²) in [6.07, 6.45) is 3.19. The van der Waals surface area contributed by atoms with Gasteiger partial charge < -0.3 is 15.1 Å². The van der Waals surface area contributed by atoms with Gasteiger partial charge in [-0.05, 0) is 39.0 Å². The van der Waals surface area contributed by atoms with Crippen molar-refractivity contribution in [2.24, 2.45) is 0 Å². The highest BCUT2D eigenvalue weighted by Crippen LogP contribution is 2.20. The second kappa shape index (κ2) is 5.88. The van der Waals surface area contributed by atoms with Gasteiger partial charge in [0.2, 0.25) is 0 Å². The Balaban J connectivity index is 1.71. The van der Waals surface area contributed by atoms with Crippen LogP contribution in [0.1, 0.15) is 11.1 Å². The molecule has 0 aliphatic rings. The second-order valence-electron chi connectivity index (χ2n) is 3.43. The summed E-state index contributed by atoms with van der Waals surface area (Å²) in [6, 6.07) is 3.62. The Morgan fingerprint density at radius 1 is 1.35 bits per heavy atom. The number of hydrogen-bond donors (Lipinski definition) is 2. The van der Waals surface area contributed by atoms with Gasteiger partial charge in [0.15, 0.2) is 0 Å². The summed E-state index contributed by atoms with van der Waals surface area (Å²) in [4.78, 5) is 11.5. The third-order valence-electron chi connectivity index (χ3n) is 2.11. The van der Waals surface area contributed by atoms with Crippen molar-refractivity contribution in [3.8, 4) is 0 Å². The van der Waals surface area contributed by atoms with E-state index in [0.717, 1.165) is 14.9 Å². The van der Waals surface area contributed by atoms with E-state index in [9.17, 15) is 4.79 Å². The molecule has 90 valence electrons. The third-order valence-corrected chi connectivity index (χ3v) is 3.66. The molecule has 2 aromatic rings. The molecule has 0 unspecified atom stereocenters. The number of carbonyl (C=O) groups excluding carboxylic acids is 1. The quantitative estimate of drug-likeness (QED) is 0.911. The van der Waals surface area contributed by atoms with E-state index in [1.165, 1.54) is 0 Å². The normalized spacial score (nSPS) is 10.2. The van der Waals surface area contributed by atoms with Gasteiger partial charge >= 0.3 is 6.03 Å².